The highest BCUT2D eigenvalue weighted by atomic mass is 35.5. The molecule has 12 heteroatoms. The topological polar surface area (TPSA) is 154 Å². The molecule has 1 unspecified atom stereocenters. The van der Waals surface area contributed by atoms with Crippen LogP contribution in [-0.2, 0) is 19.4 Å². The molecular weight excluding hydrogens is 388 g/mol. The standard InChI is InChI=1S/C14H22N4O6S.ClH/c1-24-10(9-15)7-14(19)17-6-5-16-12-4-3-11(25(2,22)23)8-13(12)18(20)21;/h3-4,8,10,16H,5-7,9,15H2,1-2H3,(H,17,19);1H. The predicted molar refractivity (Wildman–Crippen MR) is 99.4 cm³/mol. The number of ether oxygens (including phenoxy) is 1. The predicted octanol–water partition coefficient (Wildman–Crippen LogP) is 0.312. The fourth-order valence-electron chi connectivity index (χ4n) is 1.98. The van der Waals surface area contributed by atoms with E-state index in [0.29, 0.717) is 0 Å². The van der Waals surface area contributed by atoms with Crippen LogP contribution in [-0.4, -0.2) is 58.4 Å². The minimum Gasteiger partial charge on any atom is -0.380 e. The summed E-state index contributed by atoms with van der Waals surface area (Å²) in [5, 5.41) is 16.5. The van der Waals surface area contributed by atoms with Crippen LogP contribution >= 0.6 is 12.4 Å². The Morgan fingerprint density at radius 3 is 2.54 bits per heavy atom. The van der Waals surface area contributed by atoms with Gasteiger partial charge in [0.1, 0.15) is 5.69 Å². The Balaban J connectivity index is 0.00000625. The number of nitrogens with zero attached hydrogens (tertiary/aromatic N) is 1. The van der Waals surface area contributed by atoms with E-state index in [2.05, 4.69) is 10.6 Å². The van der Waals surface area contributed by atoms with E-state index in [1.54, 1.807) is 0 Å². The fraction of sp³-hybridized carbons (Fsp3) is 0.500. The zero-order valence-electron chi connectivity index (χ0n) is 14.4. The first-order chi connectivity index (χ1) is 11.7. The second-order valence-corrected chi connectivity index (χ2v) is 7.30. The number of carbonyl (C=O) groups excluding carboxylic acids is 1. The monoisotopic (exact) mass is 410 g/mol. The normalized spacial score (nSPS) is 12.0. The highest BCUT2D eigenvalue weighted by Gasteiger charge is 2.18. The van der Waals surface area contributed by atoms with Gasteiger partial charge in [-0.2, -0.15) is 0 Å². The molecular formula is C14H23ClN4O6S. The average molecular weight is 411 g/mol. The summed E-state index contributed by atoms with van der Waals surface area (Å²) >= 11 is 0. The van der Waals surface area contributed by atoms with Gasteiger partial charge in [0, 0.05) is 39.1 Å². The first-order valence-corrected chi connectivity index (χ1v) is 9.30. The third-order valence-electron chi connectivity index (χ3n) is 3.37. The van der Waals surface area contributed by atoms with Crippen LogP contribution in [0.4, 0.5) is 11.4 Å². The molecule has 0 heterocycles. The highest BCUT2D eigenvalue weighted by molar-refractivity contribution is 7.90. The number of nitrogens with one attached hydrogen (secondary N) is 2. The Kier molecular flexibility index (Phi) is 10.1. The van der Waals surface area contributed by atoms with Crippen molar-refractivity contribution < 1.29 is 22.9 Å². The number of hydrogen-bond acceptors (Lipinski definition) is 8. The molecule has 0 bridgehead atoms. The Labute approximate surface area is 157 Å². The molecule has 10 nitrogen and oxygen atoms in total. The maximum absolute atomic E-state index is 11.7. The number of nitro benzene ring substituents is 1. The quantitative estimate of drug-likeness (QED) is 0.283. The van der Waals surface area contributed by atoms with Gasteiger partial charge in [0.05, 0.1) is 22.3 Å². The number of anilines is 1. The number of hydrogen-bond donors (Lipinski definition) is 3. The molecule has 1 rings (SSSR count). The lowest BCUT2D eigenvalue weighted by Crippen LogP contribution is -2.34. The number of nitrogens with two attached hydrogens (primary N) is 1. The van der Waals surface area contributed by atoms with Crippen LogP contribution in [0.3, 0.4) is 0 Å². The van der Waals surface area contributed by atoms with Crippen LogP contribution in [0.5, 0.6) is 0 Å². The molecule has 4 N–H and O–H groups in total. The molecule has 0 saturated heterocycles. The fourth-order valence-corrected chi connectivity index (χ4v) is 2.62. The molecule has 148 valence electrons. The lowest BCUT2D eigenvalue weighted by atomic mass is 10.2. The van der Waals surface area contributed by atoms with E-state index in [1.807, 2.05) is 0 Å². The van der Waals surface area contributed by atoms with Gasteiger partial charge in [0.15, 0.2) is 9.84 Å². The molecule has 26 heavy (non-hydrogen) atoms. The molecule has 0 aliphatic carbocycles. The van der Waals surface area contributed by atoms with E-state index >= 15 is 0 Å². The smallest absolute Gasteiger partial charge is 0.293 e. The van der Waals surface area contributed by atoms with Crippen molar-refractivity contribution in [1.82, 2.24) is 5.32 Å². The summed E-state index contributed by atoms with van der Waals surface area (Å²) in [7, 11) is -2.08. The van der Waals surface area contributed by atoms with Crippen molar-refractivity contribution in [3.8, 4) is 0 Å². The molecule has 0 spiro atoms. The summed E-state index contributed by atoms with van der Waals surface area (Å²) in [5.41, 5.74) is 5.25. The van der Waals surface area contributed by atoms with Crippen LogP contribution in [0.25, 0.3) is 0 Å². The summed E-state index contributed by atoms with van der Waals surface area (Å²) < 4.78 is 28.0. The SMILES string of the molecule is COC(CN)CC(=O)NCCNc1ccc(S(C)(=O)=O)cc1[N+](=O)[O-].Cl. The van der Waals surface area contributed by atoms with E-state index in [9.17, 15) is 23.3 Å². The third kappa shape index (κ3) is 7.52. The van der Waals surface area contributed by atoms with Crippen molar-refractivity contribution in [3.63, 3.8) is 0 Å². The number of halogens is 1. The maximum atomic E-state index is 11.7. The Bertz CT molecular complexity index is 724. The number of sulfone groups is 1. The summed E-state index contributed by atoms with van der Waals surface area (Å²) in [6.45, 7) is 0.678. The Morgan fingerprint density at radius 1 is 1.38 bits per heavy atom. The first-order valence-electron chi connectivity index (χ1n) is 7.41. The van der Waals surface area contributed by atoms with E-state index in [1.165, 1.54) is 19.2 Å². The molecule has 0 radical (unpaired) electrons. The number of benzene rings is 1. The number of nitro groups is 1. The zero-order chi connectivity index (χ0) is 19.0. The van der Waals surface area contributed by atoms with Crippen molar-refractivity contribution in [3.05, 3.63) is 28.3 Å². The van der Waals surface area contributed by atoms with Crippen LogP contribution in [0.1, 0.15) is 6.42 Å². The summed E-state index contributed by atoms with van der Waals surface area (Å²) in [4.78, 5) is 22.0. The van der Waals surface area contributed by atoms with Crippen molar-refractivity contribution in [2.75, 3.05) is 38.3 Å². The van der Waals surface area contributed by atoms with Gasteiger partial charge in [-0.3, -0.25) is 14.9 Å². The van der Waals surface area contributed by atoms with E-state index in [4.69, 9.17) is 10.5 Å². The summed E-state index contributed by atoms with van der Waals surface area (Å²) in [6, 6.07) is 3.61. The number of amides is 1. The second kappa shape index (κ2) is 10.9. The maximum Gasteiger partial charge on any atom is 0.293 e. The highest BCUT2D eigenvalue weighted by Crippen LogP contribution is 2.27. The molecule has 0 aliphatic rings. The molecule has 1 atom stereocenters. The minimum absolute atomic E-state index is 0. The van der Waals surface area contributed by atoms with Gasteiger partial charge >= 0.3 is 0 Å². The molecule has 0 fully saturated rings. The molecule has 0 aromatic heterocycles. The molecule has 0 aliphatic heterocycles. The number of rotatable bonds is 10. The van der Waals surface area contributed by atoms with Crippen LogP contribution in [0.15, 0.2) is 23.1 Å². The van der Waals surface area contributed by atoms with Crippen molar-refractivity contribution in [2.45, 2.75) is 17.4 Å². The largest absolute Gasteiger partial charge is 0.380 e. The van der Waals surface area contributed by atoms with Crippen molar-refractivity contribution in [1.29, 1.82) is 0 Å². The van der Waals surface area contributed by atoms with Gasteiger partial charge in [-0.05, 0) is 12.1 Å². The first kappa shape index (κ1) is 24.1. The van der Waals surface area contributed by atoms with E-state index in [-0.39, 0.29) is 66.7 Å². The Morgan fingerprint density at radius 2 is 2.04 bits per heavy atom. The molecule has 1 aromatic carbocycles. The van der Waals surface area contributed by atoms with Crippen LogP contribution < -0.4 is 16.4 Å². The minimum atomic E-state index is -3.54. The van der Waals surface area contributed by atoms with Gasteiger partial charge < -0.3 is 21.1 Å². The summed E-state index contributed by atoms with van der Waals surface area (Å²) in [5.74, 6) is -0.249. The zero-order valence-corrected chi connectivity index (χ0v) is 16.1. The third-order valence-corrected chi connectivity index (χ3v) is 4.48. The van der Waals surface area contributed by atoms with Crippen LogP contribution in [0, 0.1) is 10.1 Å². The second-order valence-electron chi connectivity index (χ2n) is 5.28. The molecule has 1 aromatic rings. The van der Waals surface area contributed by atoms with E-state index in [0.717, 1.165) is 12.3 Å². The van der Waals surface area contributed by atoms with Gasteiger partial charge in [0.25, 0.3) is 5.69 Å². The average Bonchev–Trinajstić information content (AvgIpc) is 2.55. The number of methoxy groups -OCH3 is 1. The van der Waals surface area contributed by atoms with Gasteiger partial charge in [-0.25, -0.2) is 8.42 Å². The van der Waals surface area contributed by atoms with Crippen molar-refractivity contribution >= 4 is 39.5 Å². The van der Waals surface area contributed by atoms with Gasteiger partial charge in [-0.1, -0.05) is 0 Å². The van der Waals surface area contributed by atoms with E-state index < -0.39 is 14.8 Å². The van der Waals surface area contributed by atoms with Crippen LogP contribution in [0.2, 0.25) is 0 Å². The van der Waals surface area contributed by atoms with Gasteiger partial charge in [0.2, 0.25) is 5.91 Å². The number of carbonyl (C=O) groups is 1. The van der Waals surface area contributed by atoms with Crippen molar-refractivity contribution in [2.24, 2.45) is 5.73 Å². The molecule has 0 saturated carbocycles. The lowest BCUT2D eigenvalue weighted by molar-refractivity contribution is -0.384. The lowest BCUT2D eigenvalue weighted by Gasteiger charge is -2.13. The van der Waals surface area contributed by atoms with Gasteiger partial charge in [-0.15, -0.1) is 12.4 Å². The summed E-state index contributed by atoms with van der Waals surface area (Å²) in [6.07, 6.45) is 0.733. The Hall–Kier alpha value is -1.95. The molecule has 1 amide bonds.